The standard InChI is InChI=1S/C13H17N3O/c1-9(14)6-11-8-13(16-15-11)10-4-3-5-12(7-10)17-2/h3-5,7-9H,6,14H2,1-2H3,(H,15,16). The normalized spacial score (nSPS) is 12.4. The Hall–Kier alpha value is -1.81. The molecule has 0 spiro atoms. The minimum atomic E-state index is 0.133. The van der Waals surface area contributed by atoms with E-state index in [1.54, 1.807) is 7.11 Å². The lowest BCUT2D eigenvalue weighted by atomic mass is 10.1. The summed E-state index contributed by atoms with van der Waals surface area (Å²) in [5.74, 6) is 0.833. The minimum Gasteiger partial charge on any atom is -0.497 e. The van der Waals surface area contributed by atoms with Crippen molar-refractivity contribution >= 4 is 0 Å². The molecule has 0 aliphatic carbocycles. The fourth-order valence-corrected chi connectivity index (χ4v) is 1.74. The molecule has 0 fully saturated rings. The molecule has 0 radical (unpaired) electrons. The monoisotopic (exact) mass is 231 g/mol. The van der Waals surface area contributed by atoms with E-state index in [2.05, 4.69) is 10.2 Å². The van der Waals surface area contributed by atoms with Gasteiger partial charge < -0.3 is 10.5 Å². The third-order valence-corrected chi connectivity index (χ3v) is 2.54. The van der Waals surface area contributed by atoms with E-state index in [4.69, 9.17) is 10.5 Å². The zero-order valence-electron chi connectivity index (χ0n) is 10.1. The van der Waals surface area contributed by atoms with Gasteiger partial charge in [-0.05, 0) is 25.1 Å². The van der Waals surface area contributed by atoms with Gasteiger partial charge in [-0.1, -0.05) is 12.1 Å². The number of ether oxygens (including phenoxy) is 1. The summed E-state index contributed by atoms with van der Waals surface area (Å²) < 4.78 is 5.19. The fourth-order valence-electron chi connectivity index (χ4n) is 1.74. The first-order valence-electron chi connectivity index (χ1n) is 5.63. The van der Waals surface area contributed by atoms with Crippen LogP contribution in [0.1, 0.15) is 12.6 Å². The molecule has 1 aromatic heterocycles. The highest BCUT2D eigenvalue weighted by molar-refractivity contribution is 5.61. The van der Waals surface area contributed by atoms with Gasteiger partial charge in [-0.15, -0.1) is 0 Å². The van der Waals surface area contributed by atoms with E-state index in [0.717, 1.165) is 29.1 Å². The molecular weight excluding hydrogens is 214 g/mol. The quantitative estimate of drug-likeness (QED) is 0.845. The lowest BCUT2D eigenvalue weighted by Gasteiger charge is -2.01. The number of aromatic amines is 1. The summed E-state index contributed by atoms with van der Waals surface area (Å²) in [5.41, 5.74) is 8.76. The second-order valence-corrected chi connectivity index (χ2v) is 4.19. The Labute approximate surface area is 101 Å². The van der Waals surface area contributed by atoms with Crippen molar-refractivity contribution in [1.82, 2.24) is 10.2 Å². The number of hydrogen-bond acceptors (Lipinski definition) is 3. The molecule has 1 unspecified atom stereocenters. The van der Waals surface area contributed by atoms with E-state index in [0.29, 0.717) is 0 Å². The van der Waals surface area contributed by atoms with E-state index >= 15 is 0 Å². The minimum absolute atomic E-state index is 0.133. The molecule has 1 atom stereocenters. The fraction of sp³-hybridized carbons (Fsp3) is 0.308. The number of rotatable bonds is 4. The molecule has 0 bridgehead atoms. The second kappa shape index (κ2) is 5.01. The topological polar surface area (TPSA) is 63.9 Å². The van der Waals surface area contributed by atoms with Crippen LogP contribution in [0.3, 0.4) is 0 Å². The van der Waals surface area contributed by atoms with Crippen LogP contribution in [0.2, 0.25) is 0 Å². The van der Waals surface area contributed by atoms with Crippen LogP contribution in [0.25, 0.3) is 11.3 Å². The average Bonchev–Trinajstić information content (AvgIpc) is 2.77. The Morgan fingerprint density at radius 1 is 1.41 bits per heavy atom. The summed E-state index contributed by atoms with van der Waals surface area (Å²) in [7, 11) is 1.66. The maximum absolute atomic E-state index is 5.75. The summed E-state index contributed by atoms with van der Waals surface area (Å²) in [6.45, 7) is 1.98. The molecule has 17 heavy (non-hydrogen) atoms. The van der Waals surface area contributed by atoms with Gasteiger partial charge in [-0.2, -0.15) is 5.10 Å². The van der Waals surface area contributed by atoms with Crippen LogP contribution < -0.4 is 10.5 Å². The Balaban J connectivity index is 2.24. The van der Waals surface area contributed by atoms with Crippen LogP contribution in [0.15, 0.2) is 30.3 Å². The van der Waals surface area contributed by atoms with Gasteiger partial charge in [0.1, 0.15) is 5.75 Å². The number of nitrogens with two attached hydrogens (primary N) is 1. The van der Waals surface area contributed by atoms with Crippen molar-refractivity contribution in [3.05, 3.63) is 36.0 Å². The van der Waals surface area contributed by atoms with Crippen molar-refractivity contribution in [2.24, 2.45) is 5.73 Å². The van der Waals surface area contributed by atoms with Crippen molar-refractivity contribution in [1.29, 1.82) is 0 Å². The van der Waals surface area contributed by atoms with Gasteiger partial charge >= 0.3 is 0 Å². The highest BCUT2D eigenvalue weighted by Gasteiger charge is 2.06. The van der Waals surface area contributed by atoms with Crippen LogP contribution in [0, 0.1) is 0 Å². The van der Waals surface area contributed by atoms with E-state index in [9.17, 15) is 0 Å². The third kappa shape index (κ3) is 2.85. The summed E-state index contributed by atoms with van der Waals surface area (Å²) in [6.07, 6.45) is 0.803. The molecule has 2 aromatic rings. The molecule has 2 rings (SSSR count). The summed E-state index contributed by atoms with van der Waals surface area (Å²) in [6, 6.07) is 10.00. The number of H-pyrrole nitrogens is 1. The van der Waals surface area contributed by atoms with Crippen molar-refractivity contribution in [3.8, 4) is 17.0 Å². The first-order chi connectivity index (χ1) is 8.19. The third-order valence-electron chi connectivity index (χ3n) is 2.54. The van der Waals surface area contributed by atoms with Crippen LogP contribution >= 0.6 is 0 Å². The smallest absolute Gasteiger partial charge is 0.119 e. The Kier molecular flexibility index (Phi) is 3.44. The van der Waals surface area contributed by atoms with Gasteiger partial charge in [-0.25, -0.2) is 0 Å². The molecule has 1 aromatic carbocycles. The predicted octanol–water partition coefficient (Wildman–Crippen LogP) is 1.97. The van der Waals surface area contributed by atoms with Crippen molar-refractivity contribution < 1.29 is 4.74 Å². The molecule has 90 valence electrons. The SMILES string of the molecule is COc1cccc(-c2cc(CC(C)N)[nH]n2)c1. The molecule has 0 aliphatic heterocycles. The average molecular weight is 231 g/mol. The van der Waals surface area contributed by atoms with E-state index < -0.39 is 0 Å². The Morgan fingerprint density at radius 2 is 2.24 bits per heavy atom. The first kappa shape index (κ1) is 11.7. The van der Waals surface area contributed by atoms with Gasteiger partial charge in [0.05, 0.1) is 12.8 Å². The van der Waals surface area contributed by atoms with Crippen molar-refractivity contribution in [3.63, 3.8) is 0 Å². The predicted molar refractivity (Wildman–Crippen MR) is 67.9 cm³/mol. The molecule has 4 heteroatoms. The number of aromatic nitrogens is 2. The number of methoxy groups -OCH3 is 1. The van der Waals surface area contributed by atoms with E-state index in [1.807, 2.05) is 37.3 Å². The zero-order chi connectivity index (χ0) is 12.3. The number of nitrogens with zero attached hydrogens (tertiary/aromatic N) is 1. The van der Waals surface area contributed by atoms with Gasteiger partial charge in [0.15, 0.2) is 0 Å². The molecule has 0 aliphatic rings. The first-order valence-corrected chi connectivity index (χ1v) is 5.63. The Morgan fingerprint density at radius 3 is 2.94 bits per heavy atom. The summed E-state index contributed by atoms with van der Waals surface area (Å²) >= 11 is 0. The van der Waals surface area contributed by atoms with Gasteiger partial charge in [0, 0.05) is 23.7 Å². The van der Waals surface area contributed by atoms with Gasteiger partial charge in [0.25, 0.3) is 0 Å². The van der Waals surface area contributed by atoms with Crippen LogP contribution in [-0.4, -0.2) is 23.3 Å². The molecule has 0 amide bonds. The summed E-state index contributed by atoms with van der Waals surface area (Å²) in [4.78, 5) is 0. The number of hydrogen-bond donors (Lipinski definition) is 2. The van der Waals surface area contributed by atoms with Gasteiger partial charge in [-0.3, -0.25) is 5.10 Å². The molecule has 1 heterocycles. The van der Waals surface area contributed by atoms with Crippen LogP contribution in [0.4, 0.5) is 0 Å². The zero-order valence-corrected chi connectivity index (χ0v) is 10.1. The number of nitrogens with one attached hydrogen (secondary N) is 1. The molecule has 0 saturated carbocycles. The highest BCUT2D eigenvalue weighted by atomic mass is 16.5. The van der Waals surface area contributed by atoms with E-state index in [-0.39, 0.29) is 6.04 Å². The maximum atomic E-state index is 5.75. The molecule has 0 saturated heterocycles. The lowest BCUT2D eigenvalue weighted by molar-refractivity contribution is 0.415. The molecule has 3 N–H and O–H groups in total. The molecular formula is C13H17N3O. The van der Waals surface area contributed by atoms with Crippen molar-refractivity contribution in [2.45, 2.75) is 19.4 Å². The van der Waals surface area contributed by atoms with E-state index in [1.165, 1.54) is 0 Å². The summed E-state index contributed by atoms with van der Waals surface area (Å²) in [5, 5.41) is 7.28. The van der Waals surface area contributed by atoms with Gasteiger partial charge in [0.2, 0.25) is 0 Å². The van der Waals surface area contributed by atoms with Crippen molar-refractivity contribution in [2.75, 3.05) is 7.11 Å². The molecule has 4 nitrogen and oxygen atoms in total. The largest absolute Gasteiger partial charge is 0.497 e. The highest BCUT2D eigenvalue weighted by Crippen LogP contribution is 2.22. The number of benzene rings is 1. The van der Waals surface area contributed by atoms with Crippen LogP contribution in [-0.2, 0) is 6.42 Å². The van der Waals surface area contributed by atoms with Crippen LogP contribution in [0.5, 0.6) is 5.75 Å². The Bertz CT molecular complexity index is 491. The lowest BCUT2D eigenvalue weighted by Crippen LogP contribution is -2.17. The second-order valence-electron chi connectivity index (χ2n) is 4.19. The maximum Gasteiger partial charge on any atom is 0.119 e.